The number of rotatable bonds is 6. The molecule has 1 aromatic carbocycles. The number of nitrogens with one attached hydrogen (secondary N) is 1. The Morgan fingerprint density at radius 1 is 1.35 bits per heavy atom. The second kappa shape index (κ2) is 8.73. The Morgan fingerprint density at radius 2 is 2.15 bits per heavy atom. The summed E-state index contributed by atoms with van der Waals surface area (Å²) in [4.78, 5) is 22.2. The molecule has 2 heterocycles. The molecule has 1 unspecified atom stereocenters. The Labute approximate surface area is 153 Å². The molecule has 1 aliphatic rings. The van der Waals surface area contributed by atoms with Gasteiger partial charge in [-0.1, -0.05) is 0 Å². The average molecular weight is 356 g/mol. The van der Waals surface area contributed by atoms with Gasteiger partial charge in [0.05, 0.1) is 18.5 Å². The zero-order valence-electron chi connectivity index (χ0n) is 14.9. The third-order valence-electron chi connectivity index (χ3n) is 4.37. The van der Waals surface area contributed by atoms with E-state index in [2.05, 4.69) is 20.2 Å². The van der Waals surface area contributed by atoms with Gasteiger partial charge in [-0.3, -0.25) is 9.78 Å². The average Bonchev–Trinajstić information content (AvgIpc) is 2.64. The van der Waals surface area contributed by atoms with E-state index in [0.717, 1.165) is 37.3 Å². The third kappa shape index (κ3) is 5.00. The lowest BCUT2D eigenvalue weighted by atomic mass is 9.95. The fourth-order valence-electron chi connectivity index (χ4n) is 3.18. The second-order valence-electron chi connectivity index (χ2n) is 6.45. The minimum atomic E-state index is -0.111. The molecule has 0 aliphatic carbocycles. The van der Waals surface area contributed by atoms with Crippen LogP contribution in [0.5, 0.6) is 11.6 Å². The molecule has 1 amide bonds. The highest BCUT2D eigenvalue weighted by Gasteiger charge is 2.22. The van der Waals surface area contributed by atoms with Crippen molar-refractivity contribution in [3.63, 3.8) is 0 Å². The van der Waals surface area contributed by atoms with Gasteiger partial charge in [0.2, 0.25) is 11.8 Å². The maximum Gasteiger partial charge on any atom is 0.238 e. The summed E-state index contributed by atoms with van der Waals surface area (Å²) in [6.45, 7) is 4.24. The van der Waals surface area contributed by atoms with Crippen LogP contribution in [0.25, 0.3) is 0 Å². The Balaban J connectivity index is 1.66. The normalized spacial score (nSPS) is 17.7. The number of likely N-dealkylation sites (tertiary alicyclic amines) is 1. The zero-order valence-corrected chi connectivity index (χ0v) is 14.9. The molecule has 2 N–H and O–H groups in total. The fourth-order valence-corrected chi connectivity index (χ4v) is 3.18. The molecule has 1 aliphatic heterocycles. The standard InChI is InChI=1S/C19H24N4O3/c1-14(25)21-16-4-6-17(7-5-16)26-19-12-20-11-18(22-19)15-3-2-8-23(13-15)9-10-24/h4-7,11-12,15,24H,2-3,8-10,13H2,1H3,(H,21,25). The minimum Gasteiger partial charge on any atom is -0.437 e. The number of nitrogens with zero attached hydrogens (tertiary/aromatic N) is 3. The quantitative estimate of drug-likeness (QED) is 0.826. The van der Waals surface area contributed by atoms with E-state index < -0.39 is 0 Å². The van der Waals surface area contributed by atoms with Crippen LogP contribution in [0.15, 0.2) is 36.7 Å². The molecule has 1 atom stereocenters. The maximum absolute atomic E-state index is 11.1. The number of aliphatic hydroxyl groups is 1. The number of aromatic nitrogens is 2. The number of hydrogen-bond donors (Lipinski definition) is 2. The van der Waals surface area contributed by atoms with Crippen LogP contribution in [0.2, 0.25) is 0 Å². The van der Waals surface area contributed by atoms with Gasteiger partial charge in [0.25, 0.3) is 0 Å². The van der Waals surface area contributed by atoms with E-state index in [1.54, 1.807) is 36.7 Å². The molecule has 3 rings (SSSR count). The van der Waals surface area contributed by atoms with Crippen molar-refractivity contribution >= 4 is 11.6 Å². The van der Waals surface area contributed by atoms with Crippen molar-refractivity contribution in [1.82, 2.24) is 14.9 Å². The first kappa shape index (κ1) is 18.3. The monoisotopic (exact) mass is 356 g/mol. The van der Waals surface area contributed by atoms with Gasteiger partial charge in [-0.15, -0.1) is 0 Å². The van der Waals surface area contributed by atoms with Crippen LogP contribution in [0, 0.1) is 0 Å². The number of benzene rings is 1. The highest BCUT2D eigenvalue weighted by atomic mass is 16.5. The van der Waals surface area contributed by atoms with Crippen LogP contribution < -0.4 is 10.1 Å². The number of carbonyl (C=O) groups is 1. The van der Waals surface area contributed by atoms with Crippen LogP contribution in [0.1, 0.15) is 31.4 Å². The predicted molar refractivity (Wildman–Crippen MR) is 98.4 cm³/mol. The summed E-state index contributed by atoms with van der Waals surface area (Å²) >= 11 is 0. The van der Waals surface area contributed by atoms with Crippen molar-refractivity contribution in [1.29, 1.82) is 0 Å². The van der Waals surface area contributed by atoms with Gasteiger partial charge < -0.3 is 20.1 Å². The number of amides is 1. The summed E-state index contributed by atoms with van der Waals surface area (Å²) < 4.78 is 5.80. The second-order valence-corrected chi connectivity index (χ2v) is 6.45. The molecule has 1 fully saturated rings. The Kier molecular flexibility index (Phi) is 6.14. The van der Waals surface area contributed by atoms with Crippen molar-refractivity contribution in [2.45, 2.75) is 25.7 Å². The summed E-state index contributed by atoms with van der Waals surface area (Å²) in [7, 11) is 0. The Morgan fingerprint density at radius 3 is 2.88 bits per heavy atom. The van der Waals surface area contributed by atoms with Gasteiger partial charge in [0, 0.05) is 37.8 Å². The van der Waals surface area contributed by atoms with E-state index in [0.29, 0.717) is 24.1 Å². The van der Waals surface area contributed by atoms with Crippen molar-refractivity contribution in [2.24, 2.45) is 0 Å². The number of anilines is 1. The van der Waals surface area contributed by atoms with Crippen molar-refractivity contribution < 1.29 is 14.6 Å². The Hall–Kier alpha value is -2.51. The third-order valence-corrected chi connectivity index (χ3v) is 4.37. The van der Waals surface area contributed by atoms with Crippen LogP contribution in [0.4, 0.5) is 5.69 Å². The lowest BCUT2D eigenvalue weighted by Crippen LogP contribution is -2.36. The summed E-state index contributed by atoms with van der Waals surface area (Å²) in [5, 5.41) is 11.9. The molecule has 7 heteroatoms. The summed E-state index contributed by atoms with van der Waals surface area (Å²) in [5.74, 6) is 1.28. The van der Waals surface area contributed by atoms with Crippen LogP contribution in [-0.2, 0) is 4.79 Å². The van der Waals surface area contributed by atoms with E-state index in [-0.39, 0.29) is 12.5 Å². The van der Waals surface area contributed by atoms with E-state index in [4.69, 9.17) is 9.84 Å². The molecule has 1 saturated heterocycles. The van der Waals surface area contributed by atoms with Gasteiger partial charge in [0.1, 0.15) is 5.75 Å². The first-order valence-corrected chi connectivity index (χ1v) is 8.84. The number of ether oxygens (including phenoxy) is 1. The summed E-state index contributed by atoms with van der Waals surface area (Å²) in [6, 6.07) is 7.12. The molecule has 138 valence electrons. The van der Waals surface area contributed by atoms with Gasteiger partial charge in [0.15, 0.2) is 0 Å². The number of β-amino-alcohol motifs (C(OH)–C–C–N with tert-alkyl or cyclic N) is 1. The highest BCUT2D eigenvalue weighted by molar-refractivity contribution is 5.88. The molecular formula is C19H24N4O3. The van der Waals surface area contributed by atoms with Crippen molar-refractivity contribution in [2.75, 3.05) is 31.6 Å². The predicted octanol–water partition coefficient (Wildman–Crippen LogP) is 2.40. The molecule has 0 saturated carbocycles. The largest absolute Gasteiger partial charge is 0.437 e. The molecule has 0 radical (unpaired) electrons. The maximum atomic E-state index is 11.1. The molecule has 7 nitrogen and oxygen atoms in total. The fraction of sp³-hybridized carbons (Fsp3) is 0.421. The van der Waals surface area contributed by atoms with Gasteiger partial charge in [-0.2, -0.15) is 0 Å². The van der Waals surface area contributed by atoms with E-state index in [1.807, 2.05) is 0 Å². The first-order chi connectivity index (χ1) is 12.6. The van der Waals surface area contributed by atoms with Crippen molar-refractivity contribution in [3.05, 3.63) is 42.4 Å². The number of hydrogen-bond acceptors (Lipinski definition) is 6. The minimum absolute atomic E-state index is 0.111. The van der Waals surface area contributed by atoms with E-state index in [9.17, 15) is 4.79 Å². The molecule has 0 spiro atoms. The molecule has 1 aromatic heterocycles. The SMILES string of the molecule is CC(=O)Nc1ccc(Oc2cncc(C3CCCN(CCO)C3)n2)cc1. The smallest absolute Gasteiger partial charge is 0.238 e. The van der Waals surface area contributed by atoms with Crippen molar-refractivity contribution in [3.8, 4) is 11.6 Å². The lowest BCUT2D eigenvalue weighted by molar-refractivity contribution is -0.114. The molecular weight excluding hydrogens is 332 g/mol. The summed E-state index contributed by atoms with van der Waals surface area (Å²) in [6.07, 6.45) is 5.53. The van der Waals surface area contributed by atoms with Crippen LogP contribution >= 0.6 is 0 Å². The van der Waals surface area contributed by atoms with Gasteiger partial charge in [-0.25, -0.2) is 4.98 Å². The number of aliphatic hydroxyl groups excluding tert-OH is 1. The number of carbonyl (C=O) groups excluding carboxylic acids is 1. The highest BCUT2D eigenvalue weighted by Crippen LogP contribution is 2.27. The Bertz CT molecular complexity index is 734. The number of piperidine rings is 1. The van der Waals surface area contributed by atoms with E-state index in [1.165, 1.54) is 6.92 Å². The lowest BCUT2D eigenvalue weighted by Gasteiger charge is -2.31. The van der Waals surface area contributed by atoms with Crippen LogP contribution in [0.3, 0.4) is 0 Å². The topological polar surface area (TPSA) is 87.6 Å². The zero-order chi connectivity index (χ0) is 18.4. The molecule has 26 heavy (non-hydrogen) atoms. The first-order valence-electron chi connectivity index (χ1n) is 8.84. The molecule has 2 aromatic rings. The van der Waals surface area contributed by atoms with Crippen LogP contribution in [-0.4, -0.2) is 52.1 Å². The van der Waals surface area contributed by atoms with E-state index >= 15 is 0 Å². The molecule has 0 bridgehead atoms. The van der Waals surface area contributed by atoms with Gasteiger partial charge >= 0.3 is 0 Å². The summed E-state index contributed by atoms with van der Waals surface area (Å²) in [5.41, 5.74) is 1.64. The van der Waals surface area contributed by atoms with Gasteiger partial charge in [-0.05, 0) is 43.7 Å².